The summed E-state index contributed by atoms with van der Waals surface area (Å²) in [6, 6.07) is 6.39. The fraction of sp³-hybridized carbons (Fsp3) is 0. The number of ether oxygens (including phenoxy) is 1. The van der Waals surface area contributed by atoms with Gasteiger partial charge in [-0.3, -0.25) is 5.10 Å². The molecule has 4 rings (SSSR count). The van der Waals surface area contributed by atoms with Gasteiger partial charge in [0.2, 0.25) is 5.88 Å². The normalized spacial score (nSPS) is 10.9. The number of pyridine rings is 1. The number of hydrogen-bond acceptors (Lipinski definition) is 5. The van der Waals surface area contributed by atoms with Crippen LogP contribution in [0.15, 0.2) is 48.9 Å². The lowest BCUT2D eigenvalue weighted by molar-refractivity contribution is 0.425. The van der Waals surface area contributed by atoms with Gasteiger partial charge >= 0.3 is 0 Å². The largest absolute Gasteiger partial charge is 0.436 e. The smallest absolute Gasteiger partial charge is 0.220 e. The zero-order valence-electron chi connectivity index (χ0n) is 12.1. The molecule has 3 aromatic heterocycles. The predicted octanol–water partition coefficient (Wildman–Crippen LogP) is 3.49. The van der Waals surface area contributed by atoms with Crippen LogP contribution in [0.1, 0.15) is 0 Å². The van der Waals surface area contributed by atoms with Gasteiger partial charge in [0.25, 0.3) is 0 Å². The molecule has 0 unspecified atom stereocenters. The zero-order chi connectivity index (χ0) is 16.5. The third-order valence-corrected chi connectivity index (χ3v) is 3.37. The highest BCUT2D eigenvalue weighted by molar-refractivity contribution is 5.91. The second-order valence-corrected chi connectivity index (χ2v) is 4.94. The van der Waals surface area contributed by atoms with Gasteiger partial charge in [-0.1, -0.05) is 0 Å². The van der Waals surface area contributed by atoms with Crippen molar-refractivity contribution in [3.8, 4) is 22.9 Å². The highest BCUT2D eigenvalue weighted by atomic mass is 19.1. The molecule has 0 spiro atoms. The first-order chi connectivity index (χ1) is 11.7. The van der Waals surface area contributed by atoms with Gasteiger partial charge in [-0.2, -0.15) is 10.2 Å². The number of hydrogen-bond donors (Lipinski definition) is 1. The van der Waals surface area contributed by atoms with Gasteiger partial charge in [-0.15, -0.1) is 5.10 Å². The Morgan fingerprint density at radius 1 is 1.04 bits per heavy atom. The number of aromatic amines is 1. The average Bonchev–Trinajstić information content (AvgIpc) is 3.11. The van der Waals surface area contributed by atoms with Crippen molar-refractivity contribution in [2.75, 3.05) is 0 Å². The summed E-state index contributed by atoms with van der Waals surface area (Å²) in [5.41, 5.74) is 1.92. The van der Waals surface area contributed by atoms with Crippen molar-refractivity contribution in [1.29, 1.82) is 0 Å². The topological polar surface area (TPSA) is 76.6 Å². The summed E-state index contributed by atoms with van der Waals surface area (Å²) in [7, 11) is 0. The fourth-order valence-corrected chi connectivity index (χ4v) is 2.27. The van der Waals surface area contributed by atoms with Crippen molar-refractivity contribution in [3.05, 3.63) is 60.6 Å². The van der Waals surface area contributed by atoms with E-state index in [2.05, 4.69) is 25.4 Å². The summed E-state index contributed by atoms with van der Waals surface area (Å²) in [4.78, 5) is 4.29. The SMILES string of the molecule is Fc1ccc(Oc2ccc3c(-c4cn[nH]c4)nncc3n2)c(F)c1. The molecule has 0 aliphatic heterocycles. The number of fused-ring (bicyclic) bond motifs is 1. The zero-order valence-corrected chi connectivity index (χ0v) is 12.1. The van der Waals surface area contributed by atoms with E-state index in [1.54, 1.807) is 24.5 Å². The Bertz CT molecular complexity index is 1020. The standard InChI is InChI=1S/C16H9F2N5O/c17-10-1-3-14(12(18)5-10)24-15-4-2-11-13(22-15)8-21-23-16(11)9-6-19-20-7-9/h1-8H,(H,19,20). The number of nitrogens with one attached hydrogen (secondary N) is 1. The van der Waals surface area contributed by atoms with Crippen molar-refractivity contribution in [1.82, 2.24) is 25.4 Å². The Morgan fingerprint density at radius 2 is 1.96 bits per heavy atom. The molecular weight excluding hydrogens is 316 g/mol. The first kappa shape index (κ1) is 14.2. The Morgan fingerprint density at radius 3 is 2.75 bits per heavy atom. The first-order valence-corrected chi connectivity index (χ1v) is 6.95. The van der Waals surface area contributed by atoms with E-state index in [1.165, 1.54) is 12.3 Å². The number of H-pyrrole nitrogens is 1. The quantitative estimate of drug-likeness (QED) is 0.624. The van der Waals surface area contributed by atoms with Crippen LogP contribution in [0.25, 0.3) is 22.2 Å². The molecule has 0 amide bonds. The molecule has 0 saturated carbocycles. The Balaban J connectivity index is 1.74. The van der Waals surface area contributed by atoms with Crippen LogP contribution in [0.5, 0.6) is 11.6 Å². The molecule has 1 aromatic carbocycles. The maximum atomic E-state index is 13.7. The maximum Gasteiger partial charge on any atom is 0.220 e. The van der Waals surface area contributed by atoms with Gasteiger partial charge in [-0.05, 0) is 18.2 Å². The van der Waals surface area contributed by atoms with Crippen molar-refractivity contribution in [2.24, 2.45) is 0 Å². The van der Waals surface area contributed by atoms with Crippen LogP contribution < -0.4 is 4.74 Å². The molecule has 0 atom stereocenters. The van der Waals surface area contributed by atoms with Crippen LogP contribution in [0, 0.1) is 11.6 Å². The second kappa shape index (κ2) is 5.65. The number of nitrogens with zero attached hydrogens (tertiary/aromatic N) is 4. The van der Waals surface area contributed by atoms with Crippen molar-refractivity contribution >= 4 is 10.9 Å². The van der Waals surface area contributed by atoms with E-state index in [1.807, 2.05) is 0 Å². The summed E-state index contributed by atoms with van der Waals surface area (Å²) in [5, 5.41) is 15.4. The average molecular weight is 325 g/mol. The van der Waals surface area contributed by atoms with E-state index in [-0.39, 0.29) is 11.6 Å². The summed E-state index contributed by atoms with van der Waals surface area (Å²) in [5.74, 6) is -1.42. The molecule has 118 valence electrons. The van der Waals surface area contributed by atoms with Crippen LogP contribution in [0.4, 0.5) is 8.78 Å². The van der Waals surface area contributed by atoms with Gasteiger partial charge in [0.1, 0.15) is 11.5 Å². The molecule has 0 saturated heterocycles. The molecule has 3 heterocycles. The molecule has 6 nitrogen and oxygen atoms in total. The lowest BCUT2D eigenvalue weighted by atomic mass is 10.1. The summed E-state index contributed by atoms with van der Waals surface area (Å²) < 4.78 is 32.0. The number of rotatable bonds is 3. The highest BCUT2D eigenvalue weighted by Crippen LogP contribution is 2.28. The van der Waals surface area contributed by atoms with Gasteiger partial charge in [0.05, 0.1) is 17.9 Å². The highest BCUT2D eigenvalue weighted by Gasteiger charge is 2.11. The monoisotopic (exact) mass is 325 g/mol. The first-order valence-electron chi connectivity index (χ1n) is 6.95. The minimum absolute atomic E-state index is 0.111. The third-order valence-electron chi connectivity index (χ3n) is 3.37. The number of aromatic nitrogens is 5. The molecule has 0 bridgehead atoms. The maximum absolute atomic E-state index is 13.7. The van der Waals surface area contributed by atoms with E-state index in [0.717, 1.165) is 23.1 Å². The molecule has 1 N–H and O–H groups in total. The fourth-order valence-electron chi connectivity index (χ4n) is 2.27. The molecule has 0 aliphatic rings. The molecular formula is C16H9F2N5O. The Hall–Kier alpha value is -3.42. The Labute approximate surface area is 134 Å². The third kappa shape index (κ3) is 2.54. The van der Waals surface area contributed by atoms with Crippen LogP contribution in [-0.2, 0) is 0 Å². The lowest BCUT2D eigenvalue weighted by Crippen LogP contribution is -1.94. The lowest BCUT2D eigenvalue weighted by Gasteiger charge is -2.07. The summed E-state index contributed by atoms with van der Waals surface area (Å²) in [6.07, 6.45) is 4.80. The molecule has 0 radical (unpaired) electrons. The Kier molecular flexibility index (Phi) is 3.34. The van der Waals surface area contributed by atoms with Gasteiger partial charge < -0.3 is 4.74 Å². The summed E-state index contributed by atoms with van der Waals surface area (Å²) >= 11 is 0. The van der Waals surface area contributed by atoms with Crippen LogP contribution >= 0.6 is 0 Å². The van der Waals surface area contributed by atoms with E-state index in [9.17, 15) is 8.78 Å². The van der Waals surface area contributed by atoms with Crippen molar-refractivity contribution < 1.29 is 13.5 Å². The number of halogens is 2. The molecule has 0 fully saturated rings. The second-order valence-electron chi connectivity index (χ2n) is 4.94. The van der Waals surface area contributed by atoms with Gasteiger partial charge in [-0.25, -0.2) is 13.8 Å². The molecule has 0 aliphatic carbocycles. The van der Waals surface area contributed by atoms with E-state index >= 15 is 0 Å². The minimum atomic E-state index is -0.802. The van der Waals surface area contributed by atoms with E-state index in [0.29, 0.717) is 11.2 Å². The van der Waals surface area contributed by atoms with E-state index < -0.39 is 11.6 Å². The van der Waals surface area contributed by atoms with Crippen LogP contribution in [0.2, 0.25) is 0 Å². The van der Waals surface area contributed by atoms with E-state index in [4.69, 9.17) is 4.74 Å². The van der Waals surface area contributed by atoms with Gasteiger partial charge in [0.15, 0.2) is 11.6 Å². The van der Waals surface area contributed by atoms with Crippen LogP contribution in [-0.4, -0.2) is 25.4 Å². The summed E-state index contributed by atoms with van der Waals surface area (Å²) in [6.45, 7) is 0. The number of benzene rings is 1. The van der Waals surface area contributed by atoms with Gasteiger partial charge in [0, 0.05) is 29.3 Å². The molecule has 8 heteroatoms. The van der Waals surface area contributed by atoms with Crippen molar-refractivity contribution in [3.63, 3.8) is 0 Å². The van der Waals surface area contributed by atoms with Crippen molar-refractivity contribution in [2.45, 2.75) is 0 Å². The van der Waals surface area contributed by atoms with Crippen LogP contribution in [0.3, 0.4) is 0 Å². The predicted molar refractivity (Wildman–Crippen MR) is 81.3 cm³/mol. The molecule has 4 aromatic rings. The molecule has 24 heavy (non-hydrogen) atoms. The minimum Gasteiger partial charge on any atom is -0.436 e.